The van der Waals surface area contributed by atoms with Gasteiger partial charge in [-0.15, -0.1) is 5.10 Å². The molecule has 7 heteroatoms. The van der Waals surface area contributed by atoms with Gasteiger partial charge in [-0.1, -0.05) is 48.5 Å². The van der Waals surface area contributed by atoms with Crippen molar-refractivity contribution < 1.29 is 4.79 Å². The summed E-state index contributed by atoms with van der Waals surface area (Å²) in [5.41, 5.74) is 4.56. The molecule has 1 unspecified atom stereocenters. The van der Waals surface area contributed by atoms with Crippen LogP contribution in [-0.4, -0.2) is 30.9 Å². The quantitative estimate of drug-likeness (QED) is 0.506. The highest BCUT2D eigenvalue weighted by Gasteiger charge is 2.19. The maximum Gasteiger partial charge on any atom is 0.274 e. The lowest BCUT2D eigenvalue weighted by atomic mass is 10.1. The van der Waals surface area contributed by atoms with E-state index < -0.39 is 0 Å². The third kappa shape index (κ3) is 4.34. The number of fused-ring (bicyclic) bond motifs is 1. The summed E-state index contributed by atoms with van der Waals surface area (Å²) in [5, 5.41) is 11.1. The average molecular weight is 388 g/mol. The number of carbonyl (C=O) groups excluding carboxylic acids is 1. The third-order valence-electron chi connectivity index (χ3n) is 4.94. The molecule has 1 atom stereocenters. The van der Waals surface area contributed by atoms with E-state index in [4.69, 9.17) is 0 Å². The number of nitrogens with zero attached hydrogens (tertiary/aromatic N) is 4. The van der Waals surface area contributed by atoms with Crippen LogP contribution in [0, 0.1) is 6.92 Å². The van der Waals surface area contributed by atoms with Gasteiger partial charge >= 0.3 is 0 Å². The normalized spacial score (nSPS) is 12.2. The van der Waals surface area contributed by atoms with Crippen molar-refractivity contribution >= 4 is 16.9 Å². The largest absolute Gasteiger partial charge is 0.341 e. The number of aromatic amines is 1. The van der Waals surface area contributed by atoms with Crippen molar-refractivity contribution in [1.82, 2.24) is 30.3 Å². The van der Waals surface area contributed by atoms with Crippen molar-refractivity contribution in [2.75, 3.05) is 0 Å². The number of benzene rings is 2. The van der Waals surface area contributed by atoms with Crippen LogP contribution in [0.15, 0.2) is 54.7 Å². The van der Waals surface area contributed by atoms with E-state index in [1.54, 1.807) is 10.9 Å². The molecule has 0 aliphatic heterocycles. The van der Waals surface area contributed by atoms with E-state index in [-0.39, 0.29) is 11.9 Å². The number of amides is 1. The van der Waals surface area contributed by atoms with Gasteiger partial charge in [-0.2, -0.15) is 0 Å². The number of rotatable bonds is 7. The van der Waals surface area contributed by atoms with E-state index in [1.165, 1.54) is 5.56 Å². The van der Waals surface area contributed by atoms with E-state index in [1.807, 2.05) is 44.2 Å². The number of hydrogen-bond donors (Lipinski definition) is 2. The Morgan fingerprint density at radius 3 is 2.83 bits per heavy atom. The monoisotopic (exact) mass is 388 g/mol. The van der Waals surface area contributed by atoms with Crippen molar-refractivity contribution in [2.45, 2.75) is 39.3 Å². The SMILES string of the molecule is CCC(NC(=O)c1cn(CCc2ccccc2)nn1)c1nc2ccc(C)cc2[nH]1. The van der Waals surface area contributed by atoms with Crippen molar-refractivity contribution in [3.8, 4) is 0 Å². The van der Waals surface area contributed by atoms with Crippen LogP contribution in [0.5, 0.6) is 0 Å². The maximum absolute atomic E-state index is 12.7. The summed E-state index contributed by atoms with van der Waals surface area (Å²) >= 11 is 0. The number of imidazole rings is 1. The second-order valence-corrected chi connectivity index (χ2v) is 7.18. The molecule has 2 aromatic carbocycles. The zero-order chi connectivity index (χ0) is 20.2. The fourth-order valence-corrected chi connectivity index (χ4v) is 3.30. The minimum absolute atomic E-state index is 0.218. The number of aromatic nitrogens is 5. The summed E-state index contributed by atoms with van der Waals surface area (Å²) in [6.07, 6.45) is 3.24. The molecule has 0 spiro atoms. The van der Waals surface area contributed by atoms with Gasteiger partial charge in [0, 0.05) is 6.54 Å². The molecule has 0 bridgehead atoms. The predicted molar refractivity (Wildman–Crippen MR) is 111 cm³/mol. The number of aryl methyl sites for hydroxylation is 3. The Balaban J connectivity index is 1.42. The second-order valence-electron chi connectivity index (χ2n) is 7.18. The number of H-pyrrole nitrogens is 1. The molecule has 1 amide bonds. The van der Waals surface area contributed by atoms with Crippen LogP contribution < -0.4 is 5.32 Å². The molecule has 29 heavy (non-hydrogen) atoms. The van der Waals surface area contributed by atoms with Gasteiger partial charge in [0.1, 0.15) is 5.82 Å². The van der Waals surface area contributed by atoms with E-state index in [0.29, 0.717) is 18.7 Å². The van der Waals surface area contributed by atoms with Crippen LogP contribution in [0.1, 0.15) is 46.8 Å². The van der Waals surface area contributed by atoms with Crippen molar-refractivity contribution in [2.24, 2.45) is 0 Å². The molecular weight excluding hydrogens is 364 g/mol. The molecule has 4 rings (SSSR count). The van der Waals surface area contributed by atoms with Crippen LogP contribution in [-0.2, 0) is 13.0 Å². The lowest BCUT2D eigenvalue weighted by Crippen LogP contribution is -2.29. The Bertz CT molecular complexity index is 1110. The summed E-state index contributed by atoms with van der Waals surface area (Å²) in [5.74, 6) is 0.498. The van der Waals surface area contributed by atoms with Crippen LogP contribution in [0.3, 0.4) is 0 Å². The first-order valence-corrected chi connectivity index (χ1v) is 9.83. The number of carbonyl (C=O) groups is 1. The van der Waals surface area contributed by atoms with Gasteiger partial charge in [-0.3, -0.25) is 9.48 Å². The van der Waals surface area contributed by atoms with Crippen molar-refractivity contribution in [3.63, 3.8) is 0 Å². The first-order valence-electron chi connectivity index (χ1n) is 9.83. The topological polar surface area (TPSA) is 88.5 Å². The van der Waals surface area contributed by atoms with Crippen LogP contribution in [0.25, 0.3) is 11.0 Å². The lowest BCUT2D eigenvalue weighted by molar-refractivity contribution is 0.0928. The Kier molecular flexibility index (Phi) is 5.37. The minimum atomic E-state index is -0.251. The summed E-state index contributed by atoms with van der Waals surface area (Å²) in [7, 11) is 0. The standard InChI is InChI=1S/C22H24N6O/c1-3-17(21-23-18-10-9-15(2)13-19(18)24-21)25-22(29)20-14-28(27-26-20)12-11-16-7-5-4-6-8-16/h4-10,13-14,17H,3,11-12H2,1-2H3,(H,23,24)(H,25,29). The molecular formula is C22H24N6O. The molecule has 2 N–H and O–H groups in total. The fraction of sp³-hybridized carbons (Fsp3) is 0.273. The van der Waals surface area contributed by atoms with Gasteiger partial charge < -0.3 is 10.3 Å². The smallest absolute Gasteiger partial charge is 0.274 e. The Morgan fingerprint density at radius 2 is 2.03 bits per heavy atom. The number of hydrogen-bond acceptors (Lipinski definition) is 4. The molecule has 148 valence electrons. The highest BCUT2D eigenvalue weighted by Crippen LogP contribution is 2.19. The molecule has 7 nitrogen and oxygen atoms in total. The molecule has 0 saturated carbocycles. The van der Waals surface area contributed by atoms with E-state index in [9.17, 15) is 4.79 Å². The highest BCUT2D eigenvalue weighted by atomic mass is 16.2. The maximum atomic E-state index is 12.7. The summed E-state index contributed by atoms with van der Waals surface area (Å²) < 4.78 is 1.70. The Labute approximate surface area is 169 Å². The highest BCUT2D eigenvalue weighted by molar-refractivity contribution is 5.92. The van der Waals surface area contributed by atoms with E-state index >= 15 is 0 Å². The minimum Gasteiger partial charge on any atom is -0.341 e. The number of nitrogens with one attached hydrogen (secondary N) is 2. The first-order chi connectivity index (χ1) is 14.1. The van der Waals surface area contributed by atoms with Gasteiger partial charge in [-0.05, 0) is 43.0 Å². The van der Waals surface area contributed by atoms with Crippen LogP contribution >= 0.6 is 0 Å². The molecule has 0 radical (unpaired) electrons. The van der Waals surface area contributed by atoms with E-state index in [2.05, 4.69) is 43.8 Å². The van der Waals surface area contributed by atoms with Gasteiger partial charge in [0.05, 0.1) is 23.3 Å². The Hall–Kier alpha value is -3.48. The molecule has 0 aliphatic rings. The lowest BCUT2D eigenvalue weighted by Gasteiger charge is -2.13. The van der Waals surface area contributed by atoms with Gasteiger partial charge in [-0.25, -0.2) is 4.98 Å². The first kappa shape index (κ1) is 18.9. The molecule has 0 aliphatic carbocycles. The Morgan fingerprint density at radius 1 is 1.21 bits per heavy atom. The van der Waals surface area contributed by atoms with E-state index in [0.717, 1.165) is 28.8 Å². The van der Waals surface area contributed by atoms with Gasteiger partial charge in [0.15, 0.2) is 5.69 Å². The zero-order valence-electron chi connectivity index (χ0n) is 16.6. The molecule has 2 aromatic heterocycles. The van der Waals surface area contributed by atoms with Gasteiger partial charge in [0.2, 0.25) is 0 Å². The van der Waals surface area contributed by atoms with Crippen LogP contribution in [0.2, 0.25) is 0 Å². The zero-order valence-corrected chi connectivity index (χ0v) is 16.6. The summed E-state index contributed by atoms with van der Waals surface area (Å²) in [6, 6.07) is 16.0. The van der Waals surface area contributed by atoms with Crippen LogP contribution in [0.4, 0.5) is 0 Å². The molecule has 0 fully saturated rings. The second kappa shape index (κ2) is 8.26. The molecule has 2 heterocycles. The van der Waals surface area contributed by atoms with Gasteiger partial charge in [0.25, 0.3) is 5.91 Å². The predicted octanol–water partition coefficient (Wildman–Crippen LogP) is 3.59. The summed E-state index contributed by atoms with van der Waals surface area (Å²) in [6.45, 7) is 4.73. The summed E-state index contributed by atoms with van der Waals surface area (Å²) in [4.78, 5) is 20.6. The van der Waals surface area contributed by atoms with Crippen molar-refractivity contribution in [3.05, 3.63) is 77.4 Å². The fourth-order valence-electron chi connectivity index (χ4n) is 3.30. The van der Waals surface area contributed by atoms with Crippen molar-refractivity contribution in [1.29, 1.82) is 0 Å². The average Bonchev–Trinajstić information content (AvgIpc) is 3.38. The molecule has 4 aromatic rings. The molecule has 0 saturated heterocycles. The third-order valence-corrected chi connectivity index (χ3v) is 4.94.